The average Bonchev–Trinajstić information content (AvgIpc) is 2.66. The maximum Gasteiger partial charge on any atom is 0.0746 e. The molecule has 3 rings (SSSR count). The Morgan fingerprint density at radius 1 is 1.11 bits per heavy atom. The molecule has 2 aromatic heterocycles. The van der Waals surface area contributed by atoms with E-state index in [2.05, 4.69) is 24.2 Å². The first-order valence-corrected chi connectivity index (χ1v) is 5.97. The van der Waals surface area contributed by atoms with Crippen molar-refractivity contribution in [2.75, 3.05) is 5.73 Å². The summed E-state index contributed by atoms with van der Waals surface area (Å²) in [5.41, 5.74) is 12.4. The molecule has 3 nitrogen and oxygen atoms in total. The van der Waals surface area contributed by atoms with Crippen LogP contribution in [0.3, 0.4) is 0 Å². The summed E-state index contributed by atoms with van der Waals surface area (Å²) in [4.78, 5) is 0. The summed E-state index contributed by atoms with van der Waals surface area (Å²) in [5.74, 6) is 0. The highest BCUT2D eigenvalue weighted by molar-refractivity contribution is 5.88. The highest BCUT2D eigenvalue weighted by atomic mass is 15.2. The molecule has 3 heteroatoms. The van der Waals surface area contributed by atoms with E-state index in [0.29, 0.717) is 0 Å². The summed E-state index contributed by atoms with van der Waals surface area (Å²) in [7, 11) is 0. The first-order valence-electron chi connectivity index (χ1n) is 5.97. The van der Waals surface area contributed by atoms with Gasteiger partial charge in [0.05, 0.1) is 11.2 Å². The summed E-state index contributed by atoms with van der Waals surface area (Å²) in [6.07, 6.45) is 1.99. The van der Waals surface area contributed by atoms with Crippen LogP contribution < -0.4 is 5.73 Å². The maximum absolute atomic E-state index is 6.07. The minimum absolute atomic E-state index is 0.789. The standard InChI is InChI=1S/C15H15N3/c1-10-7-8-18-14(9-10)15(11(2)17-18)12-5-3-4-6-13(12)16/h3-9H,16H2,1-2H3. The molecule has 0 atom stereocenters. The minimum Gasteiger partial charge on any atom is -0.398 e. The molecular weight excluding hydrogens is 222 g/mol. The number of rotatable bonds is 1. The number of benzene rings is 1. The highest BCUT2D eigenvalue weighted by Gasteiger charge is 2.13. The van der Waals surface area contributed by atoms with Crippen molar-refractivity contribution < 1.29 is 0 Å². The minimum atomic E-state index is 0.789. The summed E-state index contributed by atoms with van der Waals surface area (Å²) in [6, 6.07) is 12.1. The number of para-hydroxylation sites is 1. The molecule has 0 aliphatic rings. The van der Waals surface area contributed by atoms with Gasteiger partial charge in [-0.05, 0) is 37.6 Å². The van der Waals surface area contributed by atoms with E-state index in [4.69, 9.17) is 5.73 Å². The largest absolute Gasteiger partial charge is 0.398 e. The van der Waals surface area contributed by atoms with Crippen LogP contribution in [0.15, 0.2) is 42.6 Å². The van der Waals surface area contributed by atoms with Crippen molar-refractivity contribution in [3.8, 4) is 11.1 Å². The Morgan fingerprint density at radius 3 is 2.67 bits per heavy atom. The van der Waals surface area contributed by atoms with Crippen molar-refractivity contribution in [2.45, 2.75) is 13.8 Å². The molecule has 0 saturated heterocycles. The van der Waals surface area contributed by atoms with Crippen LogP contribution in [0.1, 0.15) is 11.3 Å². The SMILES string of the molecule is Cc1ccn2nc(C)c(-c3ccccc3N)c2c1. The number of hydrogen-bond acceptors (Lipinski definition) is 2. The Kier molecular flexibility index (Phi) is 2.33. The second-order valence-corrected chi connectivity index (χ2v) is 4.58. The van der Waals surface area contributed by atoms with Gasteiger partial charge in [0.2, 0.25) is 0 Å². The normalized spacial score (nSPS) is 11.0. The second-order valence-electron chi connectivity index (χ2n) is 4.58. The number of anilines is 1. The Bertz CT molecular complexity index is 726. The Labute approximate surface area is 106 Å². The van der Waals surface area contributed by atoms with Gasteiger partial charge >= 0.3 is 0 Å². The molecule has 0 radical (unpaired) electrons. The van der Waals surface area contributed by atoms with Crippen molar-refractivity contribution >= 4 is 11.2 Å². The number of pyridine rings is 1. The Morgan fingerprint density at radius 2 is 1.89 bits per heavy atom. The number of aromatic nitrogens is 2. The lowest BCUT2D eigenvalue weighted by atomic mass is 10.0. The van der Waals surface area contributed by atoms with Crippen molar-refractivity contribution in [3.63, 3.8) is 0 Å². The van der Waals surface area contributed by atoms with E-state index in [9.17, 15) is 0 Å². The molecule has 2 N–H and O–H groups in total. The van der Waals surface area contributed by atoms with Crippen LogP contribution in [0.25, 0.3) is 16.6 Å². The van der Waals surface area contributed by atoms with Crippen LogP contribution >= 0.6 is 0 Å². The molecule has 0 fully saturated rings. The number of hydrogen-bond donors (Lipinski definition) is 1. The molecule has 0 saturated carbocycles. The third-order valence-corrected chi connectivity index (χ3v) is 3.20. The summed E-state index contributed by atoms with van der Waals surface area (Å²) in [6.45, 7) is 4.10. The van der Waals surface area contributed by atoms with Gasteiger partial charge in [0.1, 0.15) is 0 Å². The zero-order valence-corrected chi connectivity index (χ0v) is 10.5. The Hall–Kier alpha value is -2.29. The number of aryl methyl sites for hydroxylation is 2. The second kappa shape index (κ2) is 3.88. The lowest BCUT2D eigenvalue weighted by molar-refractivity contribution is 0.932. The monoisotopic (exact) mass is 237 g/mol. The molecule has 2 heterocycles. The number of fused-ring (bicyclic) bond motifs is 1. The first-order chi connectivity index (χ1) is 8.66. The summed E-state index contributed by atoms with van der Waals surface area (Å²) < 4.78 is 1.91. The fraction of sp³-hybridized carbons (Fsp3) is 0.133. The maximum atomic E-state index is 6.07. The number of nitrogens with two attached hydrogens (primary N) is 1. The fourth-order valence-electron chi connectivity index (χ4n) is 2.33. The molecule has 0 spiro atoms. The van der Waals surface area contributed by atoms with Crippen molar-refractivity contribution in [3.05, 3.63) is 53.9 Å². The van der Waals surface area contributed by atoms with Crippen molar-refractivity contribution in [1.82, 2.24) is 9.61 Å². The fourth-order valence-corrected chi connectivity index (χ4v) is 2.33. The van der Waals surface area contributed by atoms with E-state index in [1.807, 2.05) is 41.9 Å². The van der Waals surface area contributed by atoms with Crippen LogP contribution in [-0.4, -0.2) is 9.61 Å². The topological polar surface area (TPSA) is 43.3 Å². The molecular formula is C15H15N3. The molecule has 0 aliphatic carbocycles. The predicted octanol–water partition coefficient (Wildman–Crippen LogP) is 3.20. The van der Waals surface area contributed by atoms with Gasteiger partial charge in [-0.25, -0.2) is 4.52 Å². The lowest BCUT2D eigenvalue weighted by Crippen LogP contribution is -1.90. The molecule has 1 aromatic carbocycles. The van der Waals surface area contributed by atoms with E-state index < -0.39 is 0 Å². The highest BCUT2D eigenvalue weighted by Crippen LogP contribution is 2.32. The van der Waals surface area contributed by atoms with Gasteiger partial charge in [0.25, 0.3) is 0 Å². The third kappa shape index (κ3) is 1.56. The van der Waals surface area contributed by atoms with Crippen LogP contribution in [-0.2, 0) is 0 Å². The molecule has 90 valence electrons. The molecule has 0 aliphatic heterocycles. The van der Waals surface area contributed by atoms with Crippen LogP contribution in [0, 0.1) is 13.8 Å². The van der Waals surface area contributed by atoms with Crippen LogP contribution in [0.2, 0.25) is 0 Å². The van der Waals surface area contributed by atoms with Crippen molar-refractivity contribution in [1.29, 1.82) is 0 Å². The molecule has 0 unspecified atom stereocenters. The van der Waals surface area contributed by atoms with Gasteiger partial charge in [-0.3, -0.25) is 0 Å². The van der Waals surface area contributed by atoms with Crippen molar-refractivity contribution in [2.24, 2.45) is 0 Å². The molecule has 3 aromatic rings. The molecule has 0 bridgehead atoms. The molecule has 0 amide bonds. The van der Waals surface area contributed by atoms with Gasteiger partial charge in [-0.15, -0.1) is 0 Å². The van der Waals surface area contributed by atoms with E-state index in [-0.39, 0.29) is 0 Å². The van der Waals surface area contributed by atoms with Gasteiger partial charge in [-0.1, -0.05) is 18.2 Å². The smallest absolute Gasteiger partial charge is 0.0746 e. The van der Waals surface area contributed by atoms with Gasteiger partial charge in [0, 0.05) is 23.0 Å². The number of nitrogens with zero attached hydrogens (tertiary/aromatic N) is 2. The van der Waals surface area contributed by atoms with Gasteiger partial charge < -0.3 is 5.73 Å². The quantitative estimate of drug-likeness (QED) is 0.660. The zero-order chi connectivity index (χ0) is 12.7. The summed E-state index contributed by atoms with van der Waals surface area (Å²) in [5, 5.41) is 4.53. The van der Waals surface area contributed by atoms with Crippen LogP contribution in [0.4, 0.5) is 5.69 Å². The number of nitrogen functional groups attached to an aromatic ring is 1. The lowest BCUT2D eigenvalue weighted by Gasteiger charge is -2.05. The molecule has 18 heavy (non-hydrogen) atoms. The van der Waals surface area contributed by atoms with E-state index >= 15 is 0 Å². The zero-order valence-electron chi connectivity index (χ0n) is 10.5. The van der Waals surface area contributed by atoms with E-state index in [0.717, 1.165) is 28.0 Å². The average molecular weight is 237 g/mol. The first kappa shape index (κ1) is 10.8. The van der Waals surface area contributed by atoms with E-state index in [1.54, 1.807) is 0 Å². The Balaban J connectivity index is 2.38. The summed E-state index contributed by atoms with van der Waals surface area (Å²) >= 11 is 0. The van der Waals surface area contributed by atoms with Gasteiger partial charge in [-0.2, -0.15) is 5.10 Å². The third-order valence-electron chi connectivity index (χ3n) is 3.20. The van der Waals surface area contributed by atoms with E-state index in [1.165, 1.54) is 5.56 Å². The predicted molar refractivity (Wildman–Crippen MR) is 74.5 cm³/mol. The van der Waals surface area contributed by atoms with Crippen LogP contribution in [0.5, 0.6) is 0 Å². The van der Waals surface area contributed by atoms with Gasteiger partial charge in [0.15, 0.2) is 0 Å².